The molecule has 6 nitrogen and oxygen atoms in total. The first-order valence-electron chi connectivity index (χ1n) is 5.52. The monoisotopic (exact) mass is 232 g/mol. The van der Waals surface area contributed by atoms with Gasteiger partial charge in [-0.05, 0) is 13.8 Å². The molecule has 0 atom stereocenters. The Hall–Kier alpha value is -2.11. The second-order valence-electron chi connectivity index (χ2n) is 3.78. The molecule has 0 fully saturated rings. The summed E-state index contributed by atoms with van der Waals surface area (Å²) in [5.74, 6) is 1.40. The molecule has 0 aliphatic carbocycles. The number of nitrogens with zero attached hydrogens (tertiary/aromatic N) is 4. The highest BCUT2D eigenvalue weighted by Crippen LogP contribution is 2.15. The Balaban J connectivity index is 2.20. The lowest BCUT2D eigenvalue weighted by Crippen LogP contribution is -2.05. The molecule has 0 radical (unpaired) electrons. The minimum absolute atomic E-state index is 0.638. The van der Waals surface area contributed by atoms with Gasteiger partial charge in [-0.1, -0.05) is 0 Å². The number of aromatic nitrogens is 4. The lowest BCUT2D eigenvalue weighted by Gasteiger charge is -2.07. The van der Waals surface area contributed by atoms with E-state index in [1.807, 2.05) is 33.2 Å². The summed E-state index contributed by atoms with van der Waals surface area (Å²) >= 11 is 0. The molecule has 2 N–H and O–H groups in total. The van der Waals surface area contributed by atoms with Crippen LogP contribution in [0.3, 0.4) is 0 Å². The summed E-state index contributed by atoms with van der Waals surface area (Å²) < 4.78 is 1.74. The van der Waals surface area contributed by atoms with Crippen molar-refractivity contribution in [2.24, 2.45) is 7.05 Å². The van der Waals surface area contributed by atoms with Gasteiger partial charge in [0.2, 0.25) is 5.95 Å². The van der Waals surface area contributed by atoms with Crippen LogP contribution in [0.5, 0.6) is 0 Å². The zero-order valence-electron chi connectivity index (χ0n) is 10.2. The van der Waals surface area contributed by atoms with Gasteiger partial charge in [-0.2, -0.15) is 10.1 Å². The Bertz CT molecular complexity index is 504. The third kappa shape index (κ3) is 2.93. The molecule has 0 saturated heterocycles. The zero-order valence-corrected chi connectivity index (χ0v) is 10.2. The van der Waals surface area contributed by atoms with Crippen LogP contribution in [-0.2, 0) is 7.05 Å². The van der Waals surface area contributed by atoms with Crippen LogP contribution in [0, 0.1) is 6.92 Å². The molecule has 0 bridgehead atoms. The number of anilines is 3. The molecular formula is C11H16N6. The Labute approximate surface area is 100 Å². The number of hydrogen-bond donors (Lipinski definition) is 2. The molecule has 2 aromatic rings. The summed E-state index contributed by atoms with van der Waals surface area (Å²) in [6.45, 7) is 4.76. The topological polar surface area (TPSA) is 67.7 Å². The molecule has 0 aliphatic rings. The van der Waals surface area contributed by atoms with E-state index < -0.39 is 0 Å². The molecule has 2 aromatic heterocycles. The van der Waals surface area contributed by atoms with Crippen LogP contribution in [0.4, 0.5) is 17.5 Å². The smallest absolute Gasteiger partial charge is 0.224 e. The van der Waals surface area contributed by atoms with Crippen LogP contribution >= 0.6 is 0 Å². The van der Waals surface area contributed by atoms with Gasteiger partial charge in [0.05, 0.1) is 11.9 Å². The van der Waals surface area contributed by atoms with Gasteiger partial charge in [-0.25, -0.2) is 4.98 Å². The fourth-order valence-corrected chi connectivity index (χ4v) is 1.50. The molecule has 2 rings (SSSR count). The molecule has 17 heavy (non-hydrogen) atoms. The highest BCUT2D eigenvalue weighted by Gasteiger charge is 2.02. The maximum absolute atomic E-state index is 4.36. The van der Waals surface area contributed by atoms with Gasteiger partial charge in [0.15, 0.2) is 0 Å². The third-order valence-corrected chi connectivity index (χ3v) is 2.17. The van der Waals surface area contributed by atoms with Crippen LogP contribution in [0.15, 0.2) is 18.5 Å². The number of rotatable bonds is 4. The standard InChI is InChI=1S/C11H16N6/c1-4-12-11-14-8(2)5-10(16-11)15-9-6-13-17(3)7-9/h5-7H,4H2,1-3H3,(H2,12,14,15,16). The maximum Gasteiger partial charge on any atom is 0.224 e. The zero-order chi connectivity index (χ0) is 12.3. The largest absolute Gasteiger partial charge is 0.354 e. The predicted molar refractivity (Wildman–Crippen MR) is 67.4 cm³/mol. The fourth-order valence-electron chi connectivity index (χ4n) is 1.50. The van der Waals surface area contributed by atoms with Crippen molar-refractivity contribution < 1.29 is 0 Å². The van der Waals surface area contributed by atoms with E-state index in [2.05, 4.69) is 25.7 Å². The summed E-state index contributed by atoms with van der Waals surface area (Å²) in [4.78, 5) is 8.64. The van der Waals surface area contributed by atoms with Crippen LogP contribution in [0.1, 0.15) is 12.6 Å². The van der Waals surface area contributed by atoms with Gasteiger partial charge < -0.3 is 10.6 Å². The van der Waals surface area contributed by atoms with Crippen molar-refractivity contribution in [3.63, 3.8) is 0 Å². The first kappa shape index (κ1) is 11.4. The summed E-state index contributed by atoms with van der Waals surface area (Å²) in [6, 6.07) is 1.90. The average molecular weight is 232 g/mol. The van der Waals surface area contributed by atoms with Crippen LogP contribution < -0.4 is 10.6 Å². The second kappa shape index (κ2) is 4.82. The number of aryl methyl sites for hydroxylation is 2. The van der Waals surface area contributed by atoms with E-state index >= 15 is 0 Å². The summed E-state index contributed by atoms with van der Waals surface area (Å²) in [5.41, 5.74) is 1.83. The normalized spacial score (nSPS) is 10.3. The van der Waals surface area contributed by atoms with E-state index in [9.17, 15) is 0 Å². The van der Waals surface area contributed by atoms with Gasteiger partial charge in [0.1, 0.15) is 5.82 Å². The van der Waals surface area contributed by atoms with E-state index in [-0.39, 0.29) is 0 Å². The lowest BCUT2D eigenvalue weighted by molar-refractivity contribution is 0.768. The molecule has 0 aliphatic heterocycles. The van der Waals surface area contributed by atoms with Gasteiger partial charge in [-0.3, -0.25) is 4.68 Å². The van der Waals surface area contributed by atoms with Gasteiger partial charge in [-0.15, -0.1) is 0 Å². The second-order valence-corrected chi connectivity index (χ2v) is 3.78. The van der Waals surface area contributed by atoms with Crippen molar-refractivity contribution in [3.8, 4) is 0 Å². The lowest BCUT2D eigenvalue weighted by atomic mass is 10.4. The summed E-state index contributed by atoms with van der Waals surface area (Å²) in [5, 5.41) is 10.4. The SMILES string of the molecule is CCNc1nc(C)cc(Nc2cnn(C)c2)n1. The van der Waals surface area contributed by atoms with E-state index in [1.165, 1.54) is 0 Å². The Morgan fingerprint density at radius 3 is 2.82 bits per heavy atom. The minimum atomic E-state index is 0.638. The molecule has 6 heteroatoms. The predicted octanol–water partition coefficient (Wildman–Crippen LogP) is 1.69. The van der Waals surface area contributed by atoms with E-state index in [0.29, 0.717) is 5.95 Å². The Morgan fingerprint density at radius 2 is 2.18 bits per heavy atom. The van der Waals surface area contributed by atoms with Crippen LogP contribution in [-0.4, -0.2) is 26.3 Å². The molecule has 2 heterocycles. The third-order valence-electron chi connectivity index (χ3n) is 2.17. The van der Waals surface area contributed by atoms with Gasteiger partial charge >= 0.3 is 0 Å². The molecule has 0 spiro atoms. The van der Waals surface area contributed by atoms with Crippen molar-refractivity contribution >= 4 is 17.5 Å². The van der Waals surface area contributed by atoms with E-state index in [4.69, 9.17) is 0 Å². The number of nitrogens with one attached hydrogen (secondary N) is 2. The minimum Gasteiger partial charge on any atom is -0.354 e. The average Bonchev–Trinajstić information content (AvgIpc) is 2.63. The van der Waals surface area contributed by atoms with Crippen molar-refractivity contribution in [2.45, 2.75) is 13.8 Å². The van der Waals surface area contributed by atoms with Crippen molar-refractivity contribution in [3.05, 3.63) is 24.2 Å². The van der Waals surface area contributed by atoms with Crippen molar-refractivity contribution in [1.82, 2.24) is 19.7 Å². The van der Waals surface area contributed by atoms with Crippen molar-refractivity contribution in [1.29, 1.82) is 0 Å². The summed E-state index contributed by atoms with van der Waals surface area (Å²) in [6.07, 6.45) is 3.65. The number of hydrogen-bond acceptors (Lipinski definition) is 5. The van der Waals surface area contributed by atoms with E-state index in [1.54, 1.807) is 10.9 Å². The van der Waals surface area contributed by atoms with Crippen LogP contribution in [0.25, 0.3) is 0 Å². The first-order chi connectivity index (χ1) is 8.17. The molecule has 0 saturated carbocycles. The first-order valence-corrected chi connectivity index (χ1v) is 5.52. The Morgan fingerprint density at radius 1 is 1.35 bits per heavy atom. The quantitative estimate of drug-likeness (QED) is 0.839. The summed E-state index contributed by atoms with van der Waals surface area (Å²) in [7, 11) is 1.88. The van der Waals surface area contributed by atoms with Gasteiger partial charge in [0.25, 0.3) is 0 Å². The van der Waals surface area contributed by atoms with Crippen molar-refractivity contribution in [2.75, 3.05) is 17.2 Å². The van der Waals surface area contributed by atoms with Crippen LogP contribution in [0.2, 0.25) is 0 Å². The van der Waals surface area contributed by atoms with Gasteiger partial charge in [0, 0.05) is 31.5 Å². The molecule has 0 amide bonds. The molecule has 0 unspecified atom stereocenters. The molecular weight excluding hydrogens is 216 g/mol. The fraction of sp³-hybridized carbons (Fsp3) is 0.364. The highest BCUT2D eigenvalue weighted by molar-refractivity contribution is 5.55. The molecule has 0 aromatic carbocycles. The van der Waals surface area contributed by atoms with E-state index in [0.717, 1.165) is 23.7 Å². The maximum atomic E-state index is 4.36. The Kier molecular flexibility index (Phi) is 3.22. The highest BCUT2D eigenvalue weighted by atomic mass is 15.3. The molecule has 90 valence electrons.